The number of imidazole rings is 1. The van der Waals surface area contributed by atoms with Gasteiger partial charge in [-0.1, -0.05) is 42.0 Å². The first-order valence-corrected chi connectivity index (χ1v) is 9.44. The molecule has 0 spiro atoms. The number of rotatable bonds is 1. The van der Waals surface area contributed by atoms with E-state index in [1.807, 2.05) is 0 Å². The van der Waals surface area contributed by atoms with Gasteiger partial charge in [-0.25, -0.2) is 4.57 Å². The van der Waals surface area contributed by atoms with Gasteiger partial charge >= 0.3 is 0 Å². The molecule has 0 fully saturated rings. The fraction of sp³-hybridized carbons (Fsp3) is 0.348. The maximum Gasteiger partial charge on any atom is 0.250 e. The molecule has 0 amide bonds. The van der Waals surface area contributed by atoms with Crippen LogP contribution in [0, 0.1) is 27.7 Å². The highest BCUT2D eigenvalue weighted by atomic mass is 16.5. The van der Waals surface area contributed by atoms with E-state index in [4.69, 9.17) is 4.74 Å². The number of benzene rings is 2. The van der Waals surface area contributed by atoms with E-state index in [-0.39, 0.29) is 6.10 Å². The molecule has 0 N–H and O–H groups in total. The number of ether oxygens (including phenoxy) is 1. The van der Waals surface area contributed by atoms with Gasteiger partial charge in [0.15, 0.2) is 17.4 Å². The van der Waals surface area contributed by atoms with Gasteiger partial charge in [0.2, 0.25) is 6.33 Å². The van der Waals surface area contributed by atoms with Gasteiger partial charge in [-0.3, -0.25) is 0 Å². The van der Waals surface area contributed by atoms with Gasteiger partial charge in [-0.2, -0.15) is 4.57 Å². The third-order valence-corrected chi connectivity index (χ3v) is 6.09. The molecule has 26 heavy (non-hydrogen) atoms. The number of hydrogen-bond donors (Lipinski definition) is 0. The Bertz CT molecular complexity index is 1010. The first-order chi connectivity index (χ1) is 12.5. The van der Waals surface area contributed by atoms with E-state index >= 15 is 0 Å². The summed E-state index contributed by atoms with van der Waals surface area (Å²) in [6.45, 7) is 9.50. The number of aryl methyl sites for hydroxylation is 3. The van der Waals surface area contributed by atoms with Gasteiger partial charge in [0.1, 0.15) is 18.4 Å². The lowest BCUT2D eigenvalue weighted by atomic mass is 10.0. The zero-order valence-electron chi connectivity index (χ0n) is 15.9. The van der Waals surface area contributed by atoms with Gasteiger partial charge in [-0.05, 0) is 37.5 Å². The van der Waals surface area contributed by atoms with Gasteiger partial charge in [0.25, 0.3) is 0 Å². The van der Waals surface area contributed by atoms with Gasteiger partial charge in [0, 0.05) is 18.9 Å². The first-order valence-electron chi connectivity index (χ1n) is 9.44. The van der Waals surface area contributed by atoms with Crippen LogP contribution in [0.1, 0.15) is 45.2 Å². The predicted octanol–water partition coefficient (Wildman–Crippen LogP) is 4.04. The van der Waals surface area contributed by atoms with Crippen molar-refractivity contribution in [2.24, 2.45) is 0 Å². The average molecular weight is 345 g/mol. The van der Waals surface area contributed by atoms with Crippen molar-refractivity contribution in [2.75, 3.05) is 0 Å². The Morgan fingerprint density at radius 2 is 1.77 bits per heavy atom. The quantitative estimate of drug-likeness (QED) is 0.609. The van der Waals surface area contributed by atoms with E-state index in [2.05, 4.69) is 79.6 Å². The van der Waals surface area contributed by atoms with Crippen molar-refractivity contribution in [1.82, 2.24) is 4.57 Å². The molecule has 1 aromatic heterocycles. The van der Waals surface area contributed by atoms with E-state index in [1.54, 1.807) is 0 Å². The number of fused-ring (bicyclic) bond motifs is 5. The lowest BCUT2D eigenvalue weighted by Crippen LogP contribution is -2.51. The minimum Gasteiger partial charge on any atom is -0.364 e. The molecule has 3 aromatic rings. The molecule has 2 aromatic carbocycles. The van der Waals surface area contributed by atoms with Crippen molar-refractivity contribution >= 4 is 0 Å². The van der Waals surface area contributed by atoms with Crippen molar-refractivity contribution in [3.63, 3.8) is 0 Å². The van der Waals surface area contributed by atoms with Crippen molar-refractivity contribution < 1.29 is 9.30 Å². The van der Waals surface area contributed by atoms with Crippen LogP contribution in [0.3, 0.4) is 0 Å². The molecule has 2 heterocycles. The summed E-state index contributed by atoms with van der Waals surface area (Å²) in [7, 11) is 0. The summed E-state index contributed by atoms with van der Waals surface area (Å²) in [6, 6.07) is 13.6. The lowest BCUT2D eigenvalue weighted by molar-refractivity contribution is -0.738. The molecule has 2 aliphatic rings. The first kappa shape index (κ1) is 15.8. The maximum atomic E-state index is 6.29. The lowest BCUT2D eigenvalue weighted by Gasteiger charge is -2.24. The molecule has 132 valence electrons. The van der Waals surface area contributed by atoms with E-state index in [0.29, 0.717) is 12.6 Å². The normalized spacial score (nSPS) is 20.6. The zero-order valence-corrected chi connectivity index (χ0v) is 15.9. The highest BCUT2D eigenvalue weighted by Gasteiger charge is 2.44. The average Bonchev–Trinajstić information content (AvgIpc) is 3.12. The highest BCUT2D eigenvalue weighted by Crippen LogP contribution is 2.37. The third-order valence-electron chi connectivity index (χ3n) is 6.09. The molecular weight excluding hydrogens is 320 g/mol. The van der Waals surface area contributed by atoms with Crippen LogP contribution in [0.2, 0.25) is 0 Å². The standard InChI is InChI=1S/C23H25N2O/c1-14-9-15(2)22(16(3)10-14)24-13-25-20(17(24)4)12-26-21-11-18-7-5-6-8-19(18)23(21)25/h5-10,13,21,23H,11-12H2,1-4H3/q+1/t21-,23?/m1/s1. The topological polar surface area (TPSA) is 18.0 Å². The summed E-state index contributed by atoms with van der Waals surface area (Å²) in [5, 5.41) is 0. The third kappa shape index (κ3) is 2.13. The fourth-order valence-corrected chi connectivity index (χ4v) is 5.01. The van der Waals surface area contributed by atoms with Crippen LogP contribution < -0.4 is 4.57 Å². The summed E-state index contributed by atoms with van der Waals surface area (Å²) >= 11 is 0. The Kier molecular flexibility index (Phi) is 3.38. The largest absolute Gasteiger partial charge is 0.364 e. The SMILES string of the molecule is Cc1cc(C)c(-n2c[n+]3c(c2C)CO[C@@H]2Cc4ccccc4C23)c(C)c1. The summed E-state index contributed by atoms with van der Waals surface area (Å²) in [6.07, 6.45) is 3.57. The summed E-state index contributed by atoms with van der Waals surface area (Å²) in [4.78, 5) is 0. The second-order valence-corrected chi connectivity index (χ2v) is 7.87. The van der Waals surface area contributed by atoms with Crippen molar-refractivity contribution in [3.8, 4) is 5.69 Å². The maximum absolute atomic E-state index is 6.29. The molecule has 0 bridgehead atoms. The molecule has 1 unspecified atom stereocenters. The van der Waals surface area contributed by atoms with Crippen LogP contribution in [0.25, 0.3) is 5.69 Å². The van der Waals surface area contributed by atoms with Crippen molar-refractivity contribution in [3.05, 3.63) is 81.9 Å². The Labute approximate surface area is 154 Å². The Hall–Kier alpha value is -2.39. The molecule has 0 saturated heterocycles. The number of aromatic nitrogens is 2. The minimum absolute atomic E-state index is 0.250. The van der Waals surface area contributed by atoms with E-state index < -0.39 is 0 Å². The van der Waals surface area contributed by atoms with E-state index in [0.717, 1.165) is 6.42 Å². The summed E-state index contributed by atoms with van der Waals surface area (Å²) in [5.74, 6) is 0. The second kappa shape index (κ2) is 5.55. The van der Waals surface area contributed by atoms with Crippen LogP contribution in [-0.2, 0) is 17.8 Å². The highest BCUT2D eigenvalue weighted by molar-refractivity contribution is 5.50. The summed E-state index contributed by atoms with van der Waals surface area (Å²) < 4.78 is 11.1. The molecule has 0 saturated carbocycles. The molecule has 0 radical (unpaired) electrons. The molecular formula is C23H25N2O+. The molecule has 3 nitrogen and oxygen atoms in total. The van der Waals surface area contributed by atoms with Crippen LogP contribution in [0.5, 0.6) is 0 Å². The Morgan fingerprint density at radius 1 is 1.04 bits per heavy atom. The fourth-order valence-electron chi connectivity index (χ4n) is 5.01. The second-order valence-electron chi connectivity index (χ2n) is 7.87. The molecule has 1 aliphatic carbocycles. The molecule has 5 rings (SSSR count). The van der Waals surface area contributed by atoms with Gasteiger partial charge in [0.05, 0.1) is 0 Å². The van der Waals surface area contributed by atoms with Crippen LogP contribution in [0.15, 0.2) is 42.7 Å². The Balaban J connectivity index is 1.70. The summed E-state index contributed by atoms with van der Waals surface area (Å²) in [5.41, 5.74) is 10.7. The molecule has 1 aliphatic heterocycles. The molecule has 3 heteroatoms. The van der Waals surface area contributed by atoms with E-state index in [9.17, 15) is 0 Å². The van der Waals surface area contributed by atoms with Crippen LogP contribution >= 0.6 is 0 Å². The van der Waals surface area contributed by atoms with Crippen molar-refractivity contribution in [1.29, 1.82) is 0 Å². The minimum atomic E-state index is 0.250. The smallest absolute Gasteiger partial charge is 0.250 e. The van der Waals surface area contributed by atoms with Crippen LogP contribution in [-0.4, -0.2) is 10.7 Å². The van der Waals surface area contributed by atoms with Gasteiger partial charge < -0.3 is 4.74 Å². The molecule has 2 atom stereocenters. The van der Waals surface area contributed by atoms with Gasteiger partial charge in [-0.15, -0.1) is 0 Å². The predicted molar refractivity (Wildman–Crippen MR) is 102 cm³/mol. The Morgan fingerprint density at radius 3 is 2.54 bits per heavy atom. The monoisotopic (exact) mass is 345 g/mol. The zero-order chi connectivity index (χ0) is 18.0. The van der Waals surface area contributed by atoms with Crippen molar-refractivity contribution in [2.45, 2.75) is 52.9 Å². The van der Waals surface area contributed by atoms with Crippen LogP contribution in [0.4, 0.5) is 0 Å². The number of nitrogens with zero attached hydrogens (tertiary/aromatic N) is 2. The number of hydrogen-bond acceptors (Lipinski definition) is 1. The van der Waals surface area contributed by atoms with E-state index in [1.165, 1.54) is 44.9 Å².